The molecule has 0 aliphatic carbocycles. The number of methoxy groups -OCH3 is 2. The van der Waals surface area contributed by atoms with Crippen molar-refractivity contribution in [3.63, 3.8) is 0 Å². The molecule has 0 radical (unpaired) electrons. The zero-order valence-corrected chi connectivity index (χ0v) is 11.7. The Balaban J connectivity index is 2.71. The lowest BCUT2D eigenvalue weighted by Gasteiger charge is -2.10. The third-order valence-corrected chi connectivity index (χ3v) is 3.71. The minimum atomic E-state index is 0.588. The number of halogens is 1. The lowest BCUT2D eigenvalue weighted by Crippen LogP contribution is -1.99. The van der Waals surface area contributed by atoms with Gasteiger partial charge in [-0.2, -0.15) is 0 Å². The van der Waals surface area contributed by atoms with Crippen molar-refractivity contribution in [2.45, 2.75) is 31.0 Å². The number of aryl methyl sites for hydroxylation is 1. The molecule has 3 heteroatoms. The van der Waals surface area contributed by atoms with Gasteiger partial charge in [-0.25, -0.2) is 0 Å². The SMILES string of the molecule is CCC(Br)CCc1cc(OC)cc(OC)c1. The van der Waals surface area contributed by atoms with Crippen molar-refractivity contribution in [2.24, 2.45) is 0 Å². The first kappa shape index (κ1) is 13.4. The van der Waals surface area contributed by atoms with Crippen LogP contribution in [-0.2, 0) is 6.42 Å². The molecule has 1 unspecified atom stereocenters. The third kappa shape index (κ3) is 4.05. The summed E-state index contributed by atoms with van der Waals surface area (Å²) < 4.78 is 10.5. The fourth-order valence-corrected chi connectivity index (χ4v) is 1.77. The summed E-state index contributed by atoms with van der Waals surface area (Å²) in [6.07, 6.45) is 3.32. The minimum Gasteiger partial charge on any atom is -0.497 e. The number of hydrogen-bond donors (Lipinski definition) is 0. The maximum Gasteiger partial charge on any atom is 0.122 e. The standard InChI is InChI=1S/C13H19BrO2/c1-4-11(14)6-5-10-7-12(15-2)9-13(8-10)16-3/h7-9,11H,4-6H2,1-3H3. The second-order valence-electron chi connectivity index (χ2n) is 3.77. The summed E-state index contributed by atoms with van der Waals surface area (Å²) in [5.74, 6) is 1.72. The van der Waals surface area contributed by atoms with Gasteiger partial charge in [-0.15, -0.1) is 0 Å². The van der Waals surface area contributed by atoms with E-state index in [0.717, 1.165) is 30.8 Å². The molecule has 1 aromatic carbocycles. The smallest absolute Gasteiger partial charge is 0.122 e. The largest absolute Gasteiger partial charge is 0.497 e. The first-order valence-electron chi connectivity index (χ1n) is 5.55. The highest BCUT2D eigenvalue weighted by atomic mass is 79.9. The highest BCUT2D eigenvalue weighted by Crippen LogP contribution is 2.24. The van der Waals surface area contributed by atoms with Crippen molar-refractivity contribution in [1.29, 1.82) is 0 Å². The van der Waals surface area contributed by atoms with Crippen LogP contribution in [0, 0.1) is 0 Å². The molecule has 1 rings (SSSR count). The molecule has 0 fully saturated rings. The molecule has 0 aliphatic heterocycles. The van der Waals surface area contributed by atoms with Crippen LogP contribution in [0.5, 0.6) is 11.5 Å². The van der Waals surface area contributed by atoms with Crippen LogP contribution in [0.15, 0.2) is 18.2 Å². The first-order valence-corrected chi connectivity index (χ1v) is 6.47. The summed E-state index contributed by atoms with van der Waals surface area (Å²) in [7, 11) is 3.36. The molecule has 1 aromatic rings. The normalized spacial score (nSPS) is 12.2. The topological polar surface area (TPSA) is 18.5 Å². The van der Waals surface area contributed by atoms with Crippen molar-refractivity contribution in [3.8, 4) is 11.5 Å². The van der Waals surface area contributed by atoms with Crippen molar-refractivity contribution >= 4 is 15.9 Å². The molecular weight excluding hydrogens is 268 g/mol. The molecule has 0 saturated carbocycles. The maximum atomic E-state index is 5.24. The number of hydrogen-bond acceptors (Lipinski definition) is 2. The Morgan fingerprint density at radius 3 is 2.12 bits per heavy atom. The fraction of sp³-hybridized carbons (Fsp3) is 0.538. The molecule has 0 saturated heterocycles. The van der Waals surface area contributed by atoms with Crippen LogP contribution < -0.4 is 9.47 Å². The highest BCUT2D eigenvalue weighted by molar-refractivity contribution is 9.09. The quantitative estimate of drug-likeness (QED) is 0.741. The molecule has 16 heavy (non-hydrogen) atoms. The van der Waals surface area contributed by atoms with Gasteiger partial charge in [0.05, 0.1) is 14.2 Å². The zero-order chi connectivity index (χ0) is 12.0. The van der Waals surface area contributed by atoms with Crippen LogP contribution in [0.25, 0.3) is 0 Å². The van der Waals surface area contributed by atoms with Crippen molar-refractivity contribution in [3.05, 3.63) is 23.8 Å². The van der Waals surface area contributed by atoms with Crippen LogP contribution in [0.2, 0.25) is 0 Å². The van der Waals surface area contributed by atoms with Crippen LogP contribution >= 0.6 is 15.9 Å². The lowest BCUT2D eigenvalue weighted by atomic mass is 10.1. The predicted molar refractivity (Wildman–Crippen MR) is 70.9 cm³/mol. The summed E-state index contributed by atoms with van der Waals surface area (Å²) >= 11 is 3.64. The molecule has 0 bridgehead atoms. The van der Waals surface area contributed by atoms with Gasteiger partial charge >= 0.3 is 0 Å². The predicted octanol–water partition coefficient (Wildman–Crippen LogP) is 3.81. The lowest BCUT2D eigenvalue weighted by molar-refractivity contribution is 0.393. The van der Waals surface area contributed by atoms with E-state index in [4.69, 9.17) is 9.47 Å². The Bertz CT molecular complexity index is 303. The number of ether oxygens (including phenoxy) is 2. The second-order valence-corrected chi connectivity index (χ2v) is 5.06. The summed E-state index contributed by atoms with van der Waals surface area (Å²) in [5.41, 5.74) is 1.26. The van der Waals surface area contributed by atoms with Gasteiger partial charge in [-0.05, 0) is 37.0 Å². The molecule has 90 valence electrons. The fourth-order valence-electron chi connectivity index (χ4n) is 1.54. The Hall–Kier alpha value is -0.700. The average Bonchev–Trinajstić information content (AvgIpc) is 2.35. The summed E-state index contributed by atoms with van der Waals surface area (Å²) in [4.78, 5) is 0.588. The van der Waals surface area contributed by atoms with E-state index < -0.39 is 0 Å². The maximum absolute atomic E-state index is 5.24. The highest BCUT2D eigenvalue weighted by Gasteiger charge is 2.05. The van der Waals surface area contributed by atoms with Gasteiger partial charge in [0.25, 0.3) is 0 Å². The van der Waals surface area contributed by atoms with E-state index in [9.17, 15) is 0 Å². The number of rotatable bonds is 6. The summed E-state index contributed by atoms with van der Waals surface area (Å²) in [5, 5.41) is 0. The third-order valence-electron chi connectivity index (χ3n) is 2.60. The first-order chi connectivity index (χ1) is 7.69. The molecule has 0 N–H and O–H groups in total. The van der Waals surface area contributed by atoms with Crippen LogP contribution in [0.4, 0.5) is 0 Å². The van der Waals surface area contributed by atoms with E-state index in [1.54, 1.807) is 14.2 Å². The second kappa shape index (κ2) is 6.79. The van der Waals surface area contributed by atoms with Gasteiger partial charge in [-0.1, -0.05) is 22.9 Å². The van der Waals surface area contributed by atoms with Crippen LogP contribution in [-0.4, -0.2) is 19.0 Å². The molecular formula is C13H19BrO2. The molecule has 0 aromatic heterocycles. The minimum absolute atomic E-state index is 0.588. The van der Waals surface area contributed by atoms with Gasteiger partial charge < -0.3 is 9.47 Å². The van der Waals surface area contributed by atoms with E-state index in [2.05, 4.69) is 35.0 Å². The van der Waals surface area contributed by atoms with Gasteiger partial charge in [0.15, 0.2) is 0 Å². The Kier molecular flexibility index (Phi) is 5.67. The average molecular weight is 287 g/mol. The number of benzene rings is 1. The summed E-state index contributed by atoms with van der Waals surface area (Å²) in [6, 6.07) is 6.03. The molecule has 0 heterocycles. The van der Waals surface area contributed by atoms with E-state index in [0.29, 0.717) is 4.83 Å². The molecule has 0 spiro atoms. The van der Waals surface area contributed by atoms with Crippen molar-refractivity contribution in [2.75, 3.05) is 14.2 Å². The monoisotopic (exact) mass is 286 g/mol. The summed E-state index contributed by atoms with van der Waals surface area (Å²) in [6.45, 7) is 2.19. The van der Waals surface area contributed by atoms with Gasteiger partial charge in [0.1, 0.15) is 11.5 Å². The Morgan fingerprint density at radius 1 is 1.12 bits per heavy atom. The molecule has 0 amide bonds. The van der Waals surface area contributed by atoms with E-state index >= 15 is 0 Å². The molecule has 0 aliphatic rings. The Morgan fingerprint density at radius 2 is 1.69 bits per heavy atom. The van der Waals surface area contributed by atoms with Crippen LogP contribution in [0.1, 0.15) is 25.3 Å². The van der Waals surface area contributed by atoms with Crippen molar-refractivity contribution < 1.29 is 9.47 Å². The van der Waals surface area contributed by atoms with Crippen LogP contribution in [0.3, 0.4) is 0 Å². The Labute approximate surface area is 106 Å². The van der Waals surface area contributed by atoms with Gasteiger partial charge in [-0.3, -0.25) is 0 Å². The van der Waals surface area contributed by atoms with E-state index in [-0.39, 0.29) is 0 Å². The van der Waals surface area contributed by atoms with Crippen molar-refractivity contribution in [1.82, 2.24) is 0 Å². The van der Waals surface area contributed by atoms with E-state index in [1.165, 1.54) is 5.56 Å². The molecule has 1 atom stereocenters. The van der Waals surface area contributed by atoms with E-state index in [1.807, 2.05) is 6.07 Å². The zero-order valence-electron chi connectivity index (χ0n) is 10.1. The van der Waals surface area contributed by atoms with Gasteiger partial charge in [0, 0.05) is 10.9 Å². The molecule has 2 nitrogen and oxygen atoms in total. The number of alkyl halides is 1. The van der Waals surface area contributed by atoms with Gasteiger partial charge in [0.2, 0.25) is 0 Å².